The molecule has 3 rings (SSSR count). The van der Waals surface area contributed by atoms with Crippen LogP contribution >= 0.6 is 0 Å². The molecule has 108 valence electrons. The van der Waals surface area contributed by atoms with Crippen LogP contribution in [0.25, 0.3) is 11.4 Å². The van der Waals surface area contributed by atoms with Crippen molar-refractivity contribution in [2.75, 3.05) is 20.1 Å². The van der Waals surface area contributed by atoms with E-state index in [-0.39, 0.29) is 13.5 Å². The third-order valence-corrected chi connectivity index (χ3v) is 3.63. The van der Waals surface area contributed by atoms with Gasteiger partial charge in [-0.25, -0.2) is 0 Å². The summed E-state index contributed by atoms with van der Waals surface area (Å²) in [5.74, 6) is 0. The standard InChI is InChI=1S/C17H18N2O2/c20-12-18-11-19(13-21)17(15-9-5-2-6-10-15)16(18)14-7-3-1-4-8-14/h1-10,20-21H,11-13H2. The molecule has 0 saturated heterocycles. The van der Waals surface area contributed by atoms with Crippen LogP contribution in [-0.2, 0) is 0 Å². The molecule has 1 heterocycles. The average molecular weight is 282 g/mol. The molecule has 2 N–H and O–H groups in total. The molecule has 0 bridgehead atoms. The highest BCUT2D eigenvalue weighted by Crippen LogP contribution is 2.36. The lowest BCUT2D eigenvalue weighted by Crippen LogP contribution is -2.28. The lowest BCUT2D eigenvalue weighted by atomic mass is 10.0. The summed E-state index contributed by atoms with van der Waals surface area (Å²) in [6, 6.07) is 19.9. The second-order valence-electron chi connectivity index (χ2n) is 4.93. The van der Waals surface area contributed by atoms with Crippen molar-refractivity contribution in [3.8, 4) is 0 Å². The van der Waals surface area contributed by atoms with Gasteiger partial charge in [0.05, 0.1) is 18.1 Å². The Labute approximate surface area is 124 Å². The first-order valence-corrected chi connectivity index (χ1v) is 6.92. The van der Waals surface area contributed by atoms with Gasteiger partial charge in [-0.2, -0.15) is 0 Å². The molecule has 21 heavy (non-hydrogen) atoms. The van der Waals surface area contributed by atoms with E-state index < -0.39 is 0 Å². The first-order valence-electron chi connectivity index (χ1n) is 6.92. The maximum Gasteiger partial charge on any atom is 0.117 e. The van der Waals surface area contributed by atoms with Gasteiger partial charge in [0.1, 0.15) is 13.5 Å². The van der Waals surface area contributed by atoms with E-state index in [2.05, 4.69) is 0 Å². The molecule has 0 unspecified atom stereocenters. The molecule has 2 aromatic carbocycles. The Bertz CT molecular complexity index is 570. The number of aliphatic hydroxyl groups excluding tert-OH is 2. The lowest BCUT2D eigenvalue weighted by molar-refractivity contribution is 0.0946. The quantitative estimate of drug-likeness (QED) is 0.900. The summed E-state index contributed by atoms with van der Waals surface area (Å²) < 4.78 is 0. The largest absolute Gasteiger partial charge is 0.376 e. The van der Waals surface area contributed by atoms with Gasteiger partial charge >= 0.3 is 0 Å². The minimum Gasteiger partial charge on any atom is -0.376 e. The Morgan fingerprint density at radius 3 is 1.38 bits per heavy atom. The molecule has 2 aromatic rings. The second-order valence-corrected chi connectivity index (χ2v) is 4.93. The van der Waals surface area contributed by atoms with Crippen molar-refractivity contribution in [3.63, 3.8) is 0 Å². The average Bonchev–Trinajstić information content (AvgIpc) is 2.95. The molecule has 4 nitrogen and oxygen atoms in total. The first kappa shape index (κ1) is 13.7. The maximum atomic E-state index is 9.66. The van der Waals surface area contributed by atoms with E-state index in [0.717, 1.165) is 22.5 Å². The van der Waals surface area contributed by atoms with Gasteiger partial charge < -0.3 is 20.0 Å². The topological polar surface area (TPSA) is 46.9 Å². The monoisotopic (exact) mass is 282 g/mol. The van der Waals surface area contributed by atoms with Crippen LogP contribution in [0.5, 0.6) is 0 Å². The Balaban J connectivity index is 2.19. The zero-order chi connectivity index (χ0) is 14.7. The Hall–Kier alpha value is -2.30. The number of nitrogens with zero attached hydrogens (tertiary/aromatic N) is 2. The summed E-state index contributed by atoms with van der Waals surface area (Å²) in [6.07, 6.45) is 0. The lowest BCUT2D eigenvalue weighted by Gasteiger charge is -2.20. The minimum atomic E-state index is -0.0862. The van der Waals surface area contributed by atoms with Crippen LogP contribution in [0.4, 0.5) is 0 Å². The van der Waals surface area contributed by atoms with Gasteiger partial charge in [0.2, 0.25) is 0 Å². The number of hydrogen-bond acceptors (Lipinski definition) is 4. The second kappa shape index (κ2) is 5.99. The normalized spacial score (nSPS) is 15.0. The zero-order valence-corrected chi connectivity index (χ0v) is 11.7. The van der Waals surface area contributed by atoms with E-state index in [1.165, 1.54) is 0 Å². The van der Waals surface area contributed by atoms with Crippen molar-refractivity contribution in [1.82, 2.24) is 9.80 Å². The van der Waals surface area contributed by atoms with Crippen molar-refractivity contribution in [3.05, 3.63) is 71.8 Å². The summed E-state index contributed by atoms with van der Waals surface area (Å²) in [7, 11) is 0. The highest BCUT2D eigenvalue weighted by Gasteiger charge is 2.29. The summed E-state index contributed by atoms with van der Waals surface area (Å²) in [6.45, 7) is 0.301. The van der Waals surface area contributed by atoms with Crippen LogP contribution in [0, 0.1) is 0 Å². The van der Waals surface area contributed by atoms with Crippen molar-refractivity contribution >= 4 is 11.4 Å². The highest BCUT2D eigenvalue weighted by atomic mass is 16.3. The molecule has 0 saturated carbocycles. The fraction of sp³-hybridized carbons (Fsp3) is 0.176. The van der Waals surface area contributed by atoms with Gasteiger partial charge in [-0.15, -0.1) is 0 Å². The molecule has 0 radical (unpaired) electrons. The number of benzene rings is 2. The molecule has 1 aliphatic heterocycles. The summed E-state index contributed by atoms with van der Waals surface area (Å²) >= 11 is 0. The first-order chi connectivity index (χ1) is 10.3. The zero-order valence-electron chi connectivity index (χ0n) is 11.7. The van der Waals surface area contributed by atoms with E-state index in [9.17, 15) is 10.2 Å². The van der Waals surface area contributed by atoms with E-state index >= 15 is 0 Å². The van der Waals surface area contributed by atoms with Crippen LogP contribution in [0.1, 0.15) is 11.1 Å². The number of aliphatic hydroxyl groups is 2. The fourth-order valence-electron chi connectivity index (χ4n) is 2.71. The SMILES string of the molecule is OCN1CN(CO)C(c2ccccc2)=C1c1ccccc1. The molecule has 1 aliphatic rings. The number of hydrogen-bond donors (Lipinski definition) is 2. The summed E-state index contributed by atoms with van der Waals surface area (Å²) in [5.41, 5.74) is 3.94. The molecule has 0 atom stereocenters. The summed E-state index contributed by atoms with van der Waals surface area (Å²) in [4.78, 5) is 3.71. The molecule has 4 heteroatoms. The molecular weight excluding hydrogens is 264 g/mol. The fourth-order valence-corrected chi connectivity index (χ4v) is 2.71. The van der Waals surface area contributed by atoms with Crippen LogP contribution in [0.2, 0.25) is 0 Å². The molecule has 0 amide bonds. The molecule has 0 fully saturated rings. The van der Waals surface area contributed by atoms with Gasteiger partial charge in [-0.3, -0.25) is 0 Å². The Morgan fingerprint density at radius 1 is 0.667 bits per heavy atom. The van der Waals surface area contributed by atoms with E-state index in [4.69, 9.17) is 0 Å². The van der Waals surface area contributed by atoms with Crippen LogP contribution in [0.15, 0.2) is 60.7 Å². The van der Waals surface area contributed by atoms with Crippen molar-refractivity contribution < 1.29 is 10.2 Å². The summed E-state index contributed by atoms with van der Waals surface area (Å²) in [5, 5.41) is 19.3. The smallest absolute Gasteiger partial charge is 0.117 e. The van der Waals surface area contributed by atoms with Crippen LogP contribution < -0.4 is 0 Å². The van der Waals surface area contributed by atoms with Crippen molar-refractivity contribution in [1.29, 1.82) is 0 Å². The number of rotatable bonds is 4. The van der Waals surface area contributed by atoms with Gasteiger partial charge in [0.15, 0.2) is 0 Å². The Kier molecular flexibility index (Phi) is 3.90. The van der Waals surface area contributed by atoms with Gasteiger partial charge in [-0.05, 0) is 0 Å². The predicted octanol–water partition coefficient (Wildman–Crippen LogP) is 1.99. The maximum absolute atomic E-state index is 9.66. The van der Waals surface area contributed by atoms with Crippen LogP contribution in [-0.4, -0.2) is 40.1 Å². The highest BCUT2D eigenvalue weighted by molar-refractivity contribution is 5.90. The third kappa shape index (κ3) is 2.51. The molecule has 0 spiro atoms. The van der Waals surface area contributed by atoms with E-state index in [1.807, 2.05) is 70.5 Å². The van der Waals surface area contributed by atoms with Gasteiger partial charge in [0.25, 0.3) is 0 Å². The van der Waals surface area contributed by atoms with E-state index in [1.54, 1.807) is 0 Å². The molecule has 0 aromatic heterocycles. The van der Waals surface area contributed by atoms with Gasteiger partial charge in [-0.1, -0.05) is 60.7 Å². The Morgan fingerprint density at radius 2 is 1.05 bits per heavy atom. The van der Waals surface area contributed by atoms with Crippen molar-refractivity contribution in [2.45, 2.75) is 0 Å². The predicted molar refractivity (Wildman–Crippen MR) is 82.4 cm³/mol. The van der Waals surface area contributed by atoms with E-state index in [0.29, 0.717) is 6.67 Å². The molecular formula is C17H18N2O2. The molecule has 0 aliphatic carbocycles. The van der Waals surface area contributed by atoms with Crippen LogP contribution in [0.3, 0.4) is 0 Å². The third-order valence-electron chi connectivity index (χ3n) is 3.63. The van der Waals surface area contributed by atoms with Crippen molar-refractivity contribution in [2.24, 2.45) is 0 Å². The van der Waals surface area contributed by atoms with Gasteiger partial charge in [0, 0.05) is 11.1 Å². The minimum absolute atomic E-state index is 0.0862.